The third-order valence-corrected chi connectivity index (χ3v) is 4.16. The first kappa shape index (κ1) is 16.0. The van der Waals surface area contributed by atoms with Gasteiger partial charge in [-0.05, 0) is 32.3 Å². The molecule has 0 radical (unpaired) electrons. The fraction of sp³-hybridized carbons (Fsp3) is 0.571. The zero-order chi connectivity index (χ0) is 15.6. The molecule has 2 aromatic rings. The molecule has 2 aromatic heterocycles. The standard InChI is InChI=1S/C14H23ClN6/c1-5-6-21-14(12(15)8-17-21)13(18-16)7-11-9(2)19-20(4)10(11)3/h8,13,18H,5-7,16H2,1-4H3. The van der Waals surface area contributed by atoms with Crippen LogP contribution in [0, 0.1) is 13.8 Å². The second-order valence-electron chi connectivity index (χ2n) is 5.30. The maximum absolute atomic E-state index is 6.31. The molecular formula is C14H23ClN6. The molecule has 116 valence electrons. The van der Waals surface area contributed by atoms with Crippen molar-refractivity contribution in [3.63, 3.8) is 0 Å². The lowest BCUT2D eigenvalue weighted by Crippen LogP contribution is -2.32. The molecule has 0 aliphatic carbocycles. The van der Waals surface area contributed by atoms with Crippen LogP contribution in [-0.2, 0) is 20.0 Å². The first-order chi connectivity index (χ1) is 9.99. The largest absolute Gasteiger partial charge is 0.272 e. The molecule has 0 amide bonds. The van der Waals surface area contributed by atoms with E-state index in [0.717, 1.165) is 36.5 Å². The summed E-state index contributed by atoms with van der Waals surface area (Å²) in [5.74, 6) is 5.78. The van der Waals surface area contributed by atoms with E-state index in [-0.39, 0.29) is 6.04 Å². The van der Waals surface area contributed by atoms with Crippen molar-refractivity contribution in [1.82, 2.24) is 25.0 Å². The fourth-order valence-electron chi connectivity index (χ4n) is 2.66. The molecule has 0 fully saturated rings. The smallest absolute Gasteiger partial charge is 0.0834 e. The van der Waals surface area contributed by atoms with Crippen molar-refractivity contribution in [3.8, 4) is 0 Å². The number of aromatic nitrogens is 4. The summed E-state index contributed by atoms with van der Waals surface area (Å²) < 4.78 is 3.82. The van der Waals surface area contributed by atoms with Crippen LogP contribution in [0.1, 0.15) is 42.0 Å². The Morgan fingerprint density at radius 2 is 2.14 bits per heavy atom. The molecular weight excluding hydrogens is 288 g/mol. The molecule has 1 unspecified atom stereocenters. The van der Waals surface area contributed by atoms with Gasteiger partial charge >= 0.3 is 0 Å². The second-order valence-corrected chi connectivity index (χ2v) is 5.70. The summed E-state index contributed by atoms with van der Waals surface area (Å²) in [5, 5.41) is 9.43. The van der Waals surface area contributed by atoms with Crippen LogP contribution >= 0.6 is 11.6 Å². The minimum Gasteiger partial charge on any atom is -0.272 e. The van der Waals surface area contributed by atoms with Crippen molar-refractivity contribution < 1.29 is 0 Å². The van der Waals surface area contributed by atoms with Crippen molar-refractivity contribution in [3.05, 3.63) is 33.9 Å². The molecule has 1 atom stereocenters. The molecule has 21 heavy (non-hydrogen) atoms. The molecule has 0 spiro atoms. The van der Waals surface area contributed by atoms with Gasteiger partial charge in [-0.3, -0.25) is 20.6 Å². The molecule has 0 saturated carbocycles. The average Bonchev–Trinajstić information content (AvgIpc) is 2.91. The van der Waals surface area contributed by atoms with Crippen molar-refractivity contribution in [2.24, 2.45) is 12.9 Å². The van der Waals surface area contributed by atoms with Gasteiger partial charge in [0.1, 0.15) is 0 Å². The normalized spacial score (nSPS) is 12.9. The summed E-state index contributed by atoms with van der Waals surface area (Å²) in [6.45, 7) is 7.01. The minimum atomic E-state index is -0.0897. The first-order valence-corrected chi connectivity index (χ1v) is 7.53. The van der Waals surface area contributed by atoms with E-state index in [4.69, 9.17) is 17.4 Å². The lowest BCUT2D eigenvalue weighted by Gasteiger charge is -2.18. The quantitative estimate of drug-likeness (QED) is 0.632. The van der Waals surface area contributed by atoms with E-state index in [1.807, 2.05) is 23.3 Å². The summed E-state index contributed by atoms with van der Waals surface area (Å²) in [6.07, 6.45) is 3.41. The van der Waals surface area contributed by atoms with Crippen LogP contribution in [0.4, 0.5) is 0 Å². The van der Waals surface area contributed by atoms with Gasteiger partial charge < -0.3 is 0 Å². The molecule has 0 saturated heterocycles. The highest BCUT2D eigenvalue weighted by atomic mass is 35.5. The number of nitrogens with two attached hydrogens (primary N) is 1. The van der Waals surface area contributed by atoms with E-state index in [1.165, 1.54) is 5.56 Å². The molecule has 3 N–H and O–H groups in total. The Morgan fingerprint density at radius 1 is 1.43 bits per heavy atom. The zero-order valence-corrected chi connectivity index (χ0v) is 13.8. The number of halogens is 1. The average molecular weight is 311 g/mol. The van der Waals surface area contributed by atoms with Crippen LogP contribution in [0.25, 0.3) is 0 Å². The third kappa shape index (κ3) is 3.12. The predicted octanol–water partition coefficient (Wildman–Crippen LogP) is 2.04. The minimum absolute atomic E-state index is 0.0897. The predicted molar refractivity (Wildman–Crippen MR) is 84.0 cm³/mol. The lowest BCUT2D eigenvalue weighted by molar-refractivity contribution is 0.477. The van der Waals surface area contributed by atoms with E-state index >= 15 is 0 Å². The Balaban J connectivity index is 2.34. The highest BCUT2D eigenvalue weighted by Gasteiger charge is 2.22. The molecule has 7 heteroatoms. The van der Waals surface area contributed by atoms with E-state index in [0.29, 0.717) is 5.02 Å². The van der Waals surface area contributed by atoms with Gasteiger partial charge in [0.25, 0.3) is 0 Å². The Hall–Kier alpha value is -1.37. The van der Waals surface area contributed by atoms with Crippen LogP contribution in [0.2, 0.25) is 5.02 Å². The SMILES string of the molecule is CCCn1ncc(Cl)c1C(Cc1c(C)nn(C)c1C)NN. The summed E-state index contributed by atoms with van der Waals surface area (Å²) in [6, 6.07) is -0.0897. The molecule has 2 heterocycles. The number of rotatable bonds is 6. The van der Waals surface area contributed by atoms with Crippen LogP contribution in [-0.4, -0.2) is 19.6 Å². The number of aryl methyl sites for hydroxylation is 3. The van der Waals surface area contributed by atoms with Gasteiger partial charge in [-0.15, -0.1) is 0 Å². The highest BCUT2D eigenvalue weighted by molar-refractivity contribution is 6.31. The molecule has 0 bridgehead atoms. The summed E-state index contributed by atoms with van der Waals surface area (Å²) in [5.41, 5.74) is 7.17. The first-order valence-electron chi connectivity index (χ1n) is 7.16. The number of hydrazine groups is 1. The zero-order valence-electron chi connectivity index (χ0n) is 13.0. The number of nitrogens with one attached hydrogen (secondary N) is 1. The van der Waals surface area contributed by atoms with Crippen LogP contribution < -0.4 is 11.3 Å². The maximum atomic E-state index is 6.31. The van der Waals surface area contributed by atoms with Crippen LogP contribution in [0.5, 0.6) is 0 Å². The van der Waals surface area contributed by atoms with Crippen LogP contribution in [0.15, 0.2) is 6.20 Å². The van der Waals surface area contributed by atoms with E-state index < -0.39 is 0 Å². The van der Waals surface area contributed by atoms with Gasteiger partial charge in [0.2, 0.25) is 0 Å². The van der Waals surface area contributed by atoms with Gasteiger partial charge in [0, 0.05) is 19.3 Å². The van der Waals surface area contributed by atoms with Gasteiger partial charge in [0.15, 0.2) is 0 Å². The summed E-state index contributed by atoms with van der Waals surface area (Å²) in [7, 11) is 1.95. The van der Waals surface area contributed by atoms with E-state index in [2.05, 4.69) is 29.5 Å². The summed E-state index contributed by atoms with van der Waals surface area (Å²) >= 11 is 6.31. The Kier molecular flexibility index (Phi) is 5.03. The molecule has 2 rings (SSSR count). The van der Waals surface area contributed by atoms with Gasteiger partial charge in [0.05, 0.1) is 28.6 Å². The lowest BCUT2D eigenvalue weighted by atomic mass is 10.0. The number of hydrogen-bond donors (Lipinski definition) is 2. The molecule has 0 aliphatic rings. The molecule has 6 nitrogen and oxygen atoms in total. The summed E-state index contributed by atoms with van der Waals surface area (Å²) in [4.78, 5) is 0. The second kappa shape index (κ2) is 6.60. The van der Waals surface area contributed by atoms with Crippen molar-refractivity contribution >= 4 is 11.6 Å². The topological polar surface area (TPSA) is 73.7 Å². The van der Waals surface area contributed by atoms with Gasteiger partial charge in [-0.25, -0.2) is 0 Å². The van der Waals surface area contributed by atoms with Crippen molar-refractivity contribution in [2.45, 2.75) is 46.2 Å². The third-order valence-electron chi connectivity index (χ3n) is 3.87. The maximum Gasteiger partial charge on any atom is 0.0834 e. The molecule has 0 aliphatic heterocycles. The highest BCUT2D eigenvalue weighted by Crippen LogP contribution is 2.27. The van der Waals surface area contributed by atoms with E-state index in [9.17, 15) is 0 Å². The number of nitrogens with zero attached hydrogens (tertiary/aromatic N) is 4. The van der Waals surface area contributed by atoms with Crippen molar-refractivity contribution in [1.29, 1.82) is 0 Å². The Bertz CT molecular complexity index is 615. The van der Waals surface area contributed by atoms with E-state index in [1.54, 1.807) is 6.20 Å². The monoisotopic (exact) mass is 310 g/mol. The van der Waals surface area contributed by atoms with Gasteiger partial charge in [-0.1, -0.05) is 18.5 Å². The molecule has 0 aromatic carbocycles. The van der Waals surface area contributed by atoms with Crippen molar-refractivity contribution in [2.75, 3.05) is 0 Å². The fourth-order valence-corrected chi connectivity index (χ4v) is 2.93. The van der Waals surface area contributed by atoms with Crippen LogP contribution in [0.3, 0.4) is 0 Å². The number of hydrogen-bond acceptors (Lipinski definition) is 4. The van der Waals surface area contributed by atoms with Gasteiger partial charge in [-0.2, -0.15) is 10.2 Å². The Morgan fingerprint density at radius 3 is 2.67 bits per heavy atom. The Labute approximate surface area is 130 Å².